The summed E-state index contributed by atoms with van der Waals surface area (Å²) in [5.74, 6) is 2.16. The fourth-order valence-electron chi connectivity index (χ4n) is 4.37. The van der Waals surface area contributed by atoms with Crippen molar-refractivity contribution >= 4 is 22.9 Å². The quantitative estimate of drug-likeness (QED) is 0.761. The molecule has 6 heteroatoms. The van der Waals surface area contributed by atoms with Gasteiger partial charge in [0.2, 0.25) is 5.91 Å². The number of carbonyl (C=O) groups excluding carboxylic acids is 1. The number of nitrogens with one attached hydrogen (secondary N) is 1. The van der Waals surface area contributed by atoms with E-state index in [4.69, 9.17) is 4.98 Å². The van der Waals surface area contributed by atoms with Crippen LogP contribution in [-0.4, -0.2) is 51.9 Å². The Hall–Kier alpha value is -2.89. The number of aromatic nitrogens is 3. The lowest BCUT2D eigenvalue weighted by Gasteiger charge is -2.34. The number of hydrogen-bond donors (Lipinski definition) is 1. The maximum Gasteiger partial charge on any atom is 0.227 e. The number of carbonyl (C=O) groups is 1. The molecule has 2 aliphatic rings. The summed E-state index contributed by atoms with van der Waals surface area (Å²) in [7, 11) is 0. The van der Waals surface area contributed by atoms with Crippen LogP contribution in [0.5, 0.6) is 0 Å². The predicted molar refractivity (Wildman–Crippen MR) is 110 cm³/mol. The molecule has 0 saturated carbocycles. The Labute approximate surface area is 164 Å². The Balaban J connectivity index is 1.37. The first-order valence-electron chi connectivity index (χ1n) is 10.2. The zero-order chi connectivity index (χ0) is 18.9. The van der Waals surface area contributed by atoms with Gasteiger partial charge in [0, 0.05) is 31.7 Å². The van der Waals surface area contributed by atoms with Crippen molar-refractivity contribution in [2.75, 3.05) is 31.1 Å². The number of rotatable bonds is 3. The van der Waals surface area contributed by atoms with E-state index < -0.39 is 0 Å². The molecular formula is C22H25N5O. The summed E-state index contributed by atoms with van der Waals surface area (Å²) >= 11 is 0. The van der Waals surface area contributed by atoms with E-state index in [1.54, 1.807) is 0 Å². The third-order valence-corrected chi connectivity index (χ3v) is 5.89. The number of piperidine rings is 1. The van der Waals surface area contributed by atoms with Gasteiger partial charge in [-0.05, 0) is 37.8 Å². The first-order valence-corrected chi connectivity index (χ1v) is 10.2. The molecule has 1 atom stereocenters. The van der Waals surface area contributed by atoms with E-state index in [1.807, 2.05) is 47.4 Å². The van der Waals surface area contributed by atoms with Gasteiger partial charge >= 0.3 is 0 Å². The molecule has 1 amide bonds. The number of fused-ring (bicyclic) bond motifs is 1. The monoisotopic (exact) mass is 375 g/mol. The van der Waals surface area contributed by atoms with Crippen molar-refractivity contribution in [3.8, 4) is 11.4 Å². The first-order chi connectivity index (χ1) is 13.8. The highest BCUT2D eigenvalue weighted by molar-refractivity contribution is 5.80. The number of H-pyrrole nitrogens is 1. The molecule has 2 fully saturated rings. The highest BCUT2D eigenvalue weighted by atomic mass is 16.2. The molecule has 28 heavy (non-hydrogen) atoms. The molecule has 1 unspecified atom stereocenters. The van der Waals surface area contributed by atoms with Crippen molar-refractivity contribution in [1.82, 2.24) is 19.9 Å². The first kappa shape index (κ1) is 17.2. The van der Waals surface area contributed by atoms with Crippen LogP contribution in [-0.2, 0) is 4.79 Å². The molecule has 0 aliphatic carbocycles. The zero-order valence-corrected chi connectivity index (χ0v) is 16.0. The SMILES string of the molecule is O=C(C1CCCN(c2ccc3[nH]c(-c4ccccc4)nc3n2)C1)N1CCCC1. The second-order valence-corrected chi connectivity index (χ2v) is 7.81. The molecule has 2 aromatic heterocycles. The van der Waals surface area contributed by atoms with Crippen molar-refractivity contribution in [2.24, 2.45) is 5.92 Å². The smallest absolute Gasteiger partial charge is 0.227 e. The largest absolute Gasteiger partial charge is 0.356 e. The van der Waals surface area contributed by atoms with E-state index in [9.17, 15) is 4.79 Å². The molecule has 144 valence electrons. The lowest BCUT2D eigenvalue weighted by molar-refractivity contribution is -0.134. The minimum absolute atomic E-state index is 0.0865. The normalized spacial score (nSPS) is 20.1. The lowest BCUT2D eigenvalue weighted by Crippen LogP contribution is -2.44. The van der Waals surface area contributed by atoms with Crippen molar-refractivity contribution in [3.05, 3.63) is 42.5 Å². The molecular weight excluding hydrogens is 350 g/mol. The van der Waals surface area contributed by atoms with Crippen LogP contribution in [0, 0.1) is 5.92 Å². The second kappa shape index (κ2) is 7.26. The maximum atomic E-state index is 12.8. The second-order valence-electron chi connectivity index (χ2n) is 7.81. The van der Waals surface area contributed by atoms with Gasteiger partial charge in [0.05, 0.1) is 11.4 Å². The molecule has 5 rings (SSSR count). The van der Waals surface area contributed by atoms with E-state index >= 15 is 0 Å². The van der Waals surface area contributed by atoms with Gasteiger partial charge < -0.3 is 14.8 Å². The average Bonchev–Trinajstić information content (AvgIpc) is 3.43. The summed E-state index contributed by atoms with van der Waals surface area (Å²) in [5, 5.41) is 0. The molecule has 1 N–H and O–H groups in total. The maximum absolute atomic E-state index is 12.8. The zero-order valence-electron chi connectivity index (χ0n) is 16.0. The minimum Gasteiger partial charge on any atom is -0.356 e. The summed E-state index contributed by atoms with van der Waals surface area (Å²) in [6, 6.07) is 14.2. The van der Waals surface area contributed by atoms with Gasteiger partial charge in [-0.2, -0.15) is 0 Å². The molecule has 0 radical (unpaired) electrons. The van der Waals surface area contributed by atoms with Crippen LogP contribution in [0.25, 0.3) is 22.6 Å². The van der Waals surface area contributed by atoms with Gasteiger partial charge in [0.1, 0.15) is 11.6 Å². The number of benzene rings is 1. The average molecular weight is 375 g/mol. The van der Waals surface area contributed by atoms with E-state index in [0.29, 0.717) is 5.91 Å². The van der Waals surface area contributed by atoms with Crippen LogP contribution in [0.15, 0.2) is 42.5 Å². The fourth-order valence-corrected chi connectivity index (χ4v) is 4.37. The van der Waals surface area contributed by atoms with E-state index in [-0.39, 0.29) is 5.92 Å². The summed E-state index contributed by atoms with van der Waals surface area (Å²) in [6.07, 6.45) is 4.29. The fraction of sp³-hybridized carbons (Fsp3) is 0.409. The van der Waals surface area contributed by atoms with Crippen molar-refractivity contribution in [1.29, 1.82) is 0 Å². The minimum atomic E-state index is 0.0865. The molecule has 3 aromatic rings. The summed E-state index contributed by atoms with van der Waals surface area (Å²) in [5.41, 5.74) is 2.71. The summed E-state index contributed by atoms with van der Waals surface area (Å²) in [4.78, 5) is 29.9. The third-order valence-electron chi connectivity index (χ3n) is 5.89. The number of pyridine rings is 1. The Kier molecular flexibility index (Phi) is 4.47. The van der Waals surface area contributed by atoms with Gasteiger partial charge in [-0.3, -0.25) is 4.79 Å². The molecule has 2 saturated heterocycles. The van der Waals surface area contributed by atoms with E-state index in [1.165, 1.54) is 0 Å². The number of anilines is 1. The Morgan fingerprint density at radius 3 is 2.61 bits per heavy atom. The third kappa shape index (κ3) is 3.23. The molecule has 4 heterocycles. The van der Waals surface area contributed by atoms with Crippen LogP contribution >= 0.6 is 0 Å². The van der Waals surface area contributed by atoms with Gasteiger partial charge in [-0.25, -0.2) is 9.97 Å². The van der Waals surface area contributed by atoms with Crippen LogP contribution < -0.4 is 4.90 Å². The van der Waals surface area contributed by atoms with Crippen LogP contribution in [0.3, 0.4) is 0 Å². The number of likely N-dealkylation sites (tertiary alicyclic amines) is 1. The van der Waals surface area contributed by atoms with Gasteiger partial charge in [0.15, 0.2) is 5.65 Å². The van der Waals surface area contributed by atoms with Gasteiger partial charge in [0.25, 0.3) is 0 Å². The number of imidazole rings is 1. The Bertz CT molecular complexity index is 977. The molecule has 1 aromatic carbocycles. The highest BCUT2D eigenvalue weighted by Gasteiger charge is 2.31. The Morgan fingerprint density at radius 2 is 1.79 bits per heavy atom. The van der Waals surface area contributed by atoms with Crippen LogP contribution in [0.4, 0.5) is 5.82 Å². The standard InChI is InChI=1S/C22H25N5O/c28-22(26-12-4-5-13-26)17-9-6-14-27(15-17)19-11-10-18-21(24-19)25-20(23-18)16-7-2-1-3-8-16/h1-3,7-8,10-11,17H,4-6,9,12-15H2,(H,23,24,25). The number of hydrogen-bond acceptors (Lipinski definition) is 4. The summed E-state index contributed by atoms with van der Waals surface area (Å²) < 4.78 is 0. The van der Waals surface area contributed by atoms with E-state index in [2.05, 4.69) is 14.9 Å². The van der Waals surface area contributed by atoms with Crippen molar-refractivity contribution in [3.63, 3.8) is 0 Å². The summed E-state index contributed by atoms with van der Waals surface area (Å²) in [6.45, 7) is 3.55. The lowest BCUT2D eigenvalue weighted by atomic mass is 9.96. The topological polar surface area (TPSA) is 65.1 Å². The van der Waals surface area contributed by atoms with E-state index in [0.717, 1.165) is 80.2 Å². The van der Waals surface area contributed by atoms with Crippen molar-refractivity contribution in [2.45, 2.75) is 25.7 Å². The molecule has 6 nitrogen and oxygen atoms in total. The van der Waals surface area contributed by atoms with Gasteiger partial charge in [-0.15, -0.1) is 0 Å². The molecule has 0 spiro atoms. The predicted octanol–water partition coefficient (Wildman–Crippen LogP) is 3.46. The number of nitrogens with zero attached hydrogens (tertiary/aromatic N) is 4. The Morgan fingerprint density at radius 1 is 0.964 bits per heavy atom. The van der Waals surface area contributed by atoms with Gasteiger partial charge in [-0.1, -0.05) is 30.3 Å². The number of amides is 1. The molecule has 0 bridgehead atoms. The molecule has 2 aliphatic heterocycles. The van der Waals surface area contributed by atoms with Crippen LogP contribution in [0.1, 0.15) is 25.7 Å². The number of aromatic amines is 1. The van der Waals surface area contributed by atoms with Crippen molar-refractivity contribution < 1.29 is 4.79 Å². The highest BCUT2D eigenvalue weighted by Crippen LogP contribution is 2.26. The van der Waals surface area contributed by atoms with Crippen LogP contribution in [0.2, 0.25) is 0 Å².